The van der Waals surface area contributed by atoms with Gasteiger partial charge < -0.3 is 9.72 Å². The fraction of sp³-hybridized carbons (Fsp3) is 0.588. The van der Waals surface area contributed by atoms with Gasteiger partial charge in [0.2, 0.25) is 0 Å². The lowest BCUT2D eigenvalue weighted by Crippen LogP contribution is -2.26. The maximum Gasteiger partial charge on any atom is 0.124 e. The van der Waals surface area contributed by atoms with E-state index >= 15 is 0 Å². The van der Waals surface area contributed by atoms with Crippen LogP contribution >= 0.6 is 0 Å². The summed E-state index contributed by atoms with van der Waals surface area (Å²) in [6, 6.07) is 6.39. The minimum absolute atomic E-state index is 0.347. The van der Waals surface area contributed by atoms with Crippen molar-refractivity contribution in [1.82, 2.24) is 14.9 Å². The lowest BCUT2D eigenvalue weighted by molar-refractivity contribution is 0.227. The molecule has 1 aromatic heterocycles. The number of H-pyrrole nitrogens is 1. The van der Waals surface area contributed by atoms with Gasteiger partial charge in [0.05, 0.1) is 23.7 Å². The highest BCUT2D eigenvalue weighted by Crippen LogP contribution is 2.25. The van der Waals surface area contributed by atoms with Crippen molar-refractivity contribution in [1.29, 1.82) is 0 Å². The zero-order valence-electron chi connectivity index (χ0n) is 13.6. The molecule has 0 spiro atoms. The molecule has 116 valence electrons. The normalized spacial score (nSPS) is 13.0. The molecule has 0 aliphatic rings. The van der Waals surface area contributed by atoms with Crippen molar-refractivity contribution in [2.45, 2.75) is 46.1 Å². The molecule has 4 heteroatoms. The number of ether oxygens (including phenoxy) is 1. The van der Waals surface area contributed by atoms with Crippen LogP contribution in [0.4, 0.5) is 0 Å². The molecule has 2 aromatic rings. The molecule has 1 unspecified atom stereocenters. The fourth-order valence-electron chi connectivity index (χ4n) is 2.70. The van der Waals surface area contributed by atoms with Gasteiger partial charge in [-0.3, -0.25) is 4.90 Å². The van der Waals surface area contributed by atoms with E-state index in [0.717, 1.165) is 35.6 Å². The Balaban J connectivity index is 2.23. The molecule has 1 heterocycles. The number of nitrogens with zero attached hydrogens (tertiary/aromatic N) is 2. The molecule has 0 aliphatic carbocycles. The van der Waals surface area contributed by atoms with Gasteiger partial charge in [-0.2, -0.15) is 0 Å². The molecule has 0 radical (unpaired) electrons. The largest absolute Gasteiger partial charge is 0.494 e. The molecule has 1 atom stereocenters. The van der Waals surface area contributed by atoms with Crippen LogP contribution in [0.1, 0.15) is 51.9 Å². The molecule has 1 N–H and O–H groups in total. The Hall–Kier alpha value is -1.55. The van der Waals surface area contributed by atoms with Crippen LogP contribution in [0, 0.1) is 0 Å². The summed E-state index contributed by atoms with van der Waals surface area (Å²) in [5.41, 5.74) is 2.06. The minimum atomic E-state index is 0.347. The summed E-state index contributed by atoms with van der Waals surface area (Å²) in [7, 11) is 2.18. The molecule has 0 amide bonds. The summed E-state index contributed by atoms with van der Waals surface area (Å²) in [4.78, 5) is 10.6. The molecule has 2 rings (SSSR count). The third kappa shape index (κ3) is 3.76. The van der Waals surface area contributed by atoms with Gasteiger partial charge in [0.15, 0.2) is 0 Å². The lowest BCUT2D eigenvalue weighted by atomic mass is 10.1. The van der Waals surface area contributed by atoms with Crippen molar-refractivity contribution in [2.24, 2.45) is 0 Å². The van der Waals surface area contributed by atoms with E-state index in [2.05, 4.69) is 30.8 Å². The van der Waals surface area contributed by atoms with Crippen molar-refractivity contribution in [3.8, 4) is 5.75 Å². The molecule has 0 saturated carbocycles. The average Bonchev–Trinajstić information content (AvgIpc) is 2.89. The zero-order chi connectivity index (χ0) is 15.2. The highest BCUT2D eigenvalue weighted by Gasteiger charge is 2.18. The van der Waals surface area contributed by atoms with Gasteiger partial charge in [0.1, 0.15) is 11.6 Å². The second-order valence-corrected chi connectivity index (χ2v) is 5.49. The second kappa shape index (κ2) is 7.46. The van der Waals surface area contributed by atoms with Crippen LogP contribution in [0.25, 0.3) is 11.0 Å². The van der Waals surface area contributed by atoms with Crippen LogP contribution in [0.5, 0.6) is 5.75 Å². The van der Waals surface area contributed by atoms with Gasteiger partial charge in [-0.1, -0.05) is 20.3 Å². The number of aromatic nitrogens is 2. The average molecular weight is 289 g/mol. The van der Waals surface area contributed by atoms with Crippen molar-refractivity contribution in [2.75, 3.05) is 20.2 Å². The van der Waals surface area contributed by atoms with E-state index in [0.29, 0.717) is 12.6 Å². The highest BCUT2D eigenvalue weighted by atomic mass is 16.5. The number of unbranched alkanes of at least 4 members (excludes halogenated alkanes) is 1. The predicted molar refractivity (Wildman–Crippen MR) is 87.8 cm³/mol. The first-order valence-electron chi connectivity index (χ1n) is 8.02. The molecule has 0 aliphatic heterocycles. The first kappa shape index (κ1) is 15.8. The van der Waals surface area contributed by atoms with Crippen molar-refractivity contribution < 1.29 is 4.74 Å². The van der Waals surface area contributed by atoms with Crippen molar-refractivity contribution >= 4 is 11.0 Å². The quantitative estimate of drug-likeness (QED) is 0.794. The van der Waals surface area contributed by atoms with Crippen LogP contribution in [-0.2, 0) is 0 Å². The van der Waals surface area contributed by atoms with E-state index in [4.69, 9.17) is 9.72 Å². The van der Waals surface area contributed by atoms with E-state index < -0.39 is 0 Å². The monoisotopic (exact) mass is 289 g/mol. The van der Waals surface area contributed by atoms with Crippen LogP contribution in [0.15, 0.2) is 18.2 Å². The highest BCUT2D eigenvalue weighted by molar-refractivity contribution is 5.76. The Labute approximate surface area is 127 Å². The Kier molecular flexibility index (Phi) is 5.62. The Morgan fingerprint density at radius 1 is 1.29 bits per heavy atom. The summed E-state index contributed by atoms with van der Waals surface area (Å²) in [5, 5.41) is 0. The maximum absolute atomic E-state index is 5.55. The van der Waals surface area contributed by atoms with E-state index in [1.54, 1.807) is 0 Å². The number of hydrogen-bond donors (Lipinski definition) is 1. The van der Waals surface area contributed by atoms with Crippen LogP contribution in [0.3, 0.4) is 0 Å². The standard InChI is InChI=1S/C17H27N3O/c1-5-8-11-20(4)16(6-2)17-18-14-10-9-13(21-7-3)12-15(14)19-17/h9-10,12,16H,5-8,11H2,1-4H3,(H,18,19). The van der Waals surface area contributed by atoms with Gasteiger partial charge in [0.25, 0.3) is 0 Å². The van der Waals surface area contributed by atoms with E-state index in [9.17, 15) is 0 Å². The number of fused-ring (bicyclic) bond motifs is 1. The van der Waals surface area contributed by atoms with Crippen LogP contribution in [0.2, 0.25) is 0 Å². The smallest absolute Gasteiger partial charge is 0.124 e. The fourth-order valence-corrected chi connectivity index (χ4v) is 2.70. The number of imidazole rings is 1. The Morgan fingerprint density at radius 2 is 2.10 bits per heavy atom. The second-order valence-electron chi connectivity index (χ2n) is 5.49. The number of hydrogen-bond acceptors (Lipinski definition) is 3. The number of benzene rings is 1. The third-order valence-corrected chi connectivity index (χ3v) is 3.88. The summed E-state index contributed by atoms with van der Waals surface area (Å²) in [5.74, 6) is 1.95. The molecule has 1 aromatic carbocycles. The van der Waals surface area contributed by atoms with E-state index in [1.165, 1.54) is 12.8 Å². The van der Waals surface area contributed by atoms with Gasteiger partial charge in [0, 0.05) is 6.07 Å². The first-order chi connectivity index (χ1) is 10.2. The SMILES string of the molecule is CCCCN(C)C(CC)c1nc2ccc(OCC)cc2[nH]1. The Morgan fingerprint density at radius 3 is 2.76 bits per heavy atom. The first-order valence-corrected chi connectivity index (χ1v) is 8.02. The van der Waals surface area contributed by atoms with Crippen LogP contribution < -0.4 is 4.74 Å². The van der Waals surface area contributed by atoms with Crippen molar-refractivity contribution in [3.05, 3.63) is 24.0 Å². The summed E-state index contributed by atoms with van der Waals surface area (Å²) >= 11 is 0. The van der Waals surface area contributed by atoms with E-state index in [-0.39, 0.29) is 0 Å². The van der Waals surface area contributed by atoms with Crippen LogP contribution in [-0.4, -0.2) is 35.1 Å². The Bertz CT molecular complexity index is 564. The zero-order valence-corrected chi connectivity index (χ0v) is 13.6. The van der Waals surface area contributed by atoms with Crippen molar-refractivity contribution in [3.63, 3.8) is 0 Å². The summed E-state index contributed by atoms with van der Waals surface area (Å²) in [6.45, 7) is 8.23. The molecular formula is C17H27N3O. The van der Waals surface area contributed by atoms with Gasteiger partial charge in [-0.15, -0.1) is 0 Å². The molecule has 4 nitrogen and oxygen atoms in total. The van der Waals surface area contributed by atoms with Gasteiger partial charge in [-0.05, 0) is 45.5 Å². The minimum Gasteiger partial charge on any atom is -0.494 e. The number of aromatic amines is 1. The lowest BCUT2D eigenvalue weighted by Gasteiger charge is -2.25. The maximum atomic E-state index is 5.55. The summed E-state index contributed by atoms with van der Waals surface area (Å²) < 4.78 is 5.55. The predicted octanol–water partition coefficient (Wildman–Crippen LogP) is 4.14. The summed E-state index contributed by atoms with van der Waals surface area (Å²) in [6.07, 6.45) is 3.50. The molecule has 21 heavy (non-hydrogen) atoms. The third-order valence-electron chi connectivity index (χ3n) is 3.88. The number of rotatable bonds is 8. The molecule has 0 fully saturated rings. The van der Waals surface area contributed by atoms with E-state index in [1.807, 2.05) is 25.1 Å². The molecular weight excluding hydrogens is 262 g/mol. The topological polar surface area (TPSA) is 41.2 Å². The molecule has 0 bridgehead atoms. The number of nitrogens with one attached hydrogen (secondary N) is 1. The molecule has 0 saturated heterocycles. The van der Waals surface area contributed by atoms with Gasteiger partial charge in [-0.25, -0.2) is 4.98 Å². The van der Waals surface area contributed by atoms with Gasteiger partial charge >= 0.3 is 0 Å².